The van der Waals surface area contributed by atoms with Gasteiger partial charge in [-0.1, -0.05) is 0 Å². The Hall–Kier alpha value is -2.10. The third kappa shape index (κ3) is 3.74. The van der Waals surface area contributed by atoms with Crippen LogP contribution in [0.4, 0.5) is 8.78 Å². The molecule has 4 unspecified atom stereocenters. The Balaban J connectivity index is 1.66. The predicted octanol–water partition coefficient (Wildman–Crippen LogP) is 1.52. The molecule has 2 N–H and O–H groups in total. The smallest absolute Gasteiger partial charge is 0.251 e. The maximum Gasteiger partial charge on any atom is 0.251 e. The molecule has 7 nitrogen and oxygen atoms in total. The van der Waals surface area contributed by atoms with E-state index >= 15 is 0 Å². The van der Waals surface area contributed by atoms with E-state index < -0.39 is 41.1 Å². The molecular weight excluding hydrogens is 384 g/mol. The summed E-state index contributed by atoms with van der Waals surface area (Å²) >= 11 is 0. The van der Waals surface area contributed by atoms with Gasteiger partial charge in [0.15, 0.2) is 5.60 Å². The number of likely N-dealkylation sites (tertiary alicyclic amines) is 1. The third-order valence-electron chi connectivity index (χ3n) is 6.10. The molecule has 3 saturated heterocycles. The average Bonchev–Trinajstić information content (AvgIpc) is 3.40. The van der Waals surface area contributed by atoms with E-state index in [1.54, 1.807) is 6.92 Å². The number of amides is 2. The molecule has 1 aromatic carbocycles. The van der Waals surface area contributed by atoms with Gasteiger partial charge in [0, 0.05) is 25.6 Å². The Morgan fingerprint density at radius 3 is 2.41 bits per heavy atom. The predicted molar refractivity (Wildman–Crippen MR) is 98.2 cm³/mol. The number of hydrogen-bond acceptors (Lipinski definition) is 5. The molecule has 4 atom stereocenters. The topological polar surface area (TPSA) is 85.1 Å². The summed E-state index contributed by atoms with van der Waals surface area (Å²) in [6.07, 6.45) is 2.05. The molecule has 9 heteroatoms. The fourth-order valence-corrected chi connectivity index (χ4v) is 4.47. The highest BCUT2D eigenvalue weighted by Crippen LogP contribution is 2.44. The van der Waals surface area contributed by atoms with Crippen molar-refractivity contribution in [2.24, 2.45) is 11.7 Å². The maximum atomic E-state index is 13.9. The molecule has 0 spiro atoms. The van der Waals surface area contributed by atoms with E-state index in [2.05, 4.69) is 0 Å². The van der Waals surface area contributed by atoms with Crippen LogP contribution in [0, 0.1) is 17.6 Å². The lowest BCUT2D eigenvalue weighted by molar-refractivity contribution is -0.225. The lowest BCUT2D eigenvalue weighted by Gasteiger charge is -2.33. The Labute approximate surface area is 167 Å². The zero-order valence-corrected chi connectivity index (χ0v) is 16.3. The summed E-state index contributed by atoms with van der Waals surface area (Å²) in [6, 6.07) is 2.09. The van der Waals surface area contributed by atoms with Crippen molar-refractivity contribution >= 4 is 11.8 Å². The van der Waals surface area contributed by atoms with E-state index in [9.17, 15) is 18.4 Å². The molecule has 3 fully saturated rings. The average molecular weight is 409 g/mol. The van der Waals surface area contributed by atoms with Crippen molar-refractivity contribution in [1.29, 1.82) is 0 Å². The summed E-state index contributed by atoms with van der Waals surface area (Å²) in [4.78, 5) is 32.8. The summed E-state index contributed by atoms with van der Waals surface area (Å²) in [6.45, 7) is 3.41. The Morgan fingerprint density at radius 1 is 1.14 bits per heavy atom. The molecule has 0 bridgehead atoms. The number of carbonyl (C=O) groups is 2. The highest BCUT2D eigenvalue weighted by atomic mass is 19.1. The van der Waals surface area contributed by atoms with Gasteiger partial charge < -0.3 is 15.4 Å². The van der Waals surface area contributed by atoms with E-state index in [1.165, 1.54) is 17.2 Å². The van der Waals surface area contributed by atoms with Crippen molar-refractivity contribution in [3.8, 4) is 0 Å². The van der Waals surface area contributed by atoms with Crippen LogP contribution in [-0.2, 0) is 19.2 Å². The number of primary amides is 1. The van der Waals surface area contributed by atoms with E-state index in [-0.39, 0.29) is 25.5 Å². The minimum absolute atomic E-state index is 0.0227. The Morgan fingerprint density at radius 2 is 1.79 bits per heavy atom. The van der Waals surface area contributed by atoms with Gasteiger partial charge in [-0.25, -0.2) is 8.78 Å². The molecule has 0 aliphatic carbocycles. The second-order valence-corrected chi connectivity index (χ2v) is 8.21. The zero-order chi connectivity index (χ0) is 20.8. The summed E-state index contributed by atoms with van der Waals surface area (Å²) in [7, 11) is 0. The van der Waals surface area contributed by atoms with Crippen LogP contribution in [0.5, 0.6) is 0 Å². The van der Waals surface area contributed by atoms with Gasteiger partial charge >= 0.3 is 0 Å². The molecule has 0 saturated carbocycles. The number of hydrogen-bond donors (Lipinski definition) is 1. The van der Waals surface area contributed by atoms with Crippen molar-refractivity contribution in [2.45, 2.75) is 43.9 Å². The van der Waals surface area contributed by atoms with Crippen LogP contribution < -0.4 is 5.73 Å². The van der Waals surface area contributed by atoms with Gasteiger partial charge in [0.1, 0.15) is 11.6 Å². The summed E-state index contributed by atoms with van der Waals surface area (Å²) in [5, 5.41) is 1.50. The minimum atomic E-state index is -1.35. The number of hydroxylamine groups is 2. The highest BCUT2D eigenvalue weighted by Gasteiger charge is 2.53. The van der Waals surface area contributed by atoms with E-state index in [1.807, 2.05) is 4.90 Å². The van der Waals surface area contributed by atoms with E-state index in [0.29, 0.717) is 18.7 Å². The summed E-state index contributed by atoms with van der Waals surface area (Å²) < 4.78 is 33.3. The molecule has 3 aliphatic rings. The Bertz CT molecular complexity index is 797. The lowest BCUT2D eigenvalue weighted by atomic mass is 9.91. The molecule has 0 radical (unpaired) electrons. The first kappa shape index (κ1) is 20.2. The summed E-state index contributed by atoms with van der Waals surface area (Å²) in [5.41, 5.74) is 4.52. The van der Waals surface area contributed by atoms with Gasteiger partial charge in [-0.3, -0.25) is 14.4 Å². The van der Waals surface area contributed by atoms with Gasteiger partial charge in [-0.15, -0.1) is 0 Å². The van der Waals surface area contributed by atoms with Gasteiger partial charge in [0.05, 0.1) is 31.2 Å². The number of nitrogens with two attached hydrogens (primary N) is 1. The van der Waals surface area contributed by atoms with Crippen molar-refractivity contribution in [3.05, 3.63) is 35.4 Å². The molecule has 29 heavy (non-hydrogen) atoms. The van der Waals surface area contributed by atoms with Crippen LogP contribution in [0.25, 0.3) is 0 Å². The molecule has 4 rings (SSSR count). The van der Waals surface area contributed by atoms with Crippen LogP contribution in [0.3, 0.4) is 0 Å². The lowest BCUT2D eigenvalue weighted by Crippen LogP contribution is -2.48. The fraction of sp³-hybridized carbons (Fsp3) is 0.600. The second-order valence-electron chi connectivity index (χ2n) is 8.21. The first-order chi connectivity index (χ1) is 13.8. The molecule has 1 aromatic rings. The standard InChI is InChI=1S/C20H25F2N3O4/c1-20(19(23)27)9-16(12-6-13(21)8-14(22)7-12)25(29-20)17-11-28-10-15(17)18(26)24-4-2-3-5-24/h6-8,15-17H,2-5,9-11H2,1H3,(H2,23,27). The normalized spacial score (nSPS) is 32.8. The first-order valence-electron chi connectivity index (χ1n) is 9.88. The number of ether oxygens (including phenoxy) is 1. The molecule has 3 aliphatic heterocycles. The largest absolute Gasteiger partial charge is 0.379 e. The van der Waals surface area contributed by atoms with Crippen LogP contribution >= 0.6 is 0 Å². The van der Waals surface area contributed by atoms with Crippen molar-refractivity contribution in [2.75, 3.05) is 26.3 Å². The monoisotopic (exact) mass is 409 g/mol. The number of carbonyl (C=O) groups excluding carboxylic acids is 2. The number of rotatable bonds is 4. The first-order valence-corrected chi connectivity index (χ1v) is 9.88. The Kier molecular flexibility index (Phi) is 5.30. The minimum Gasteiger partial charge on any atom is -0.379 e. The molecule has 0 aromatic heterocycles. The molecule has 2 amide bonds. The van der Waals surface area contributed by atoms with Crippen molar-refractivity contribution < 1.29 is 27.9 Å². The van der Waals surface area contributed by atoms with E-state index in [4.69, 9.17) is 15.3 Å². The number of halogens is 2. The second kappa shape index (κ2) is 7.62. The quantitative estimate of drug-likeness (QED) is 0.815. The zero-order valence-electron chi connectivity index (χ0n) is 16.3. The van der Waals surface area contributed by atoms with Gasteiger partial charge in [0.25, 0.3) is 5.91 Å². The molecular formula is C20H25F2N3O4. The third-order valence-corrected chi connectivity index (χ3v) is 6.10. The van der Waals surface area contributed by atoms with Crippen LogP contribution in [0.1, 0.15) is 37.8 Å². The summed E-state index contributed by atoms with van der Waals surface area (Å²) in [5.74, 6) is -2.63. The van der Waals surface area contributed by atoms with Crippen molar-refractivity contribution in [1.82, 2.24) is 9.96 Å². The maximum absolute atomic E-state index is 13.9. The van der Waals surface area contributed by atoms with Crippen molar-refractivity contribution in [3.63, 3.8) is 0 Å². The molecule has 158 valence electrons. The van der Waals surface area contributed by atoms with Crippen LogP contribution in [0.2, 0.25) is 0 Å². The number of nitrogens with zero attached hydrogens (tertiary/aromatic N) is 2. The highest BCUT2D eigenvalue weighted by molar-refractivity contribution is 5.83. The van der Waals surface area contributed by atoms with Gasteiger partial charge in [-0.05, 0) is 37.5 Å². The molecule has 3 heterocycles. The fourth-order valence-electron chi connectivity index (χ4n) is 4.47. The van der Waals surface area contributed by atoms with Crippen LogP contribution in [0.15, 0.2) is 18.2 Å². The van der Waals surface area contributed by atoms with Gasteiger partial charge in [0.2, 0.25) is 5.91 Å². The van der Waals surface area contributed by atoms with E-state index in [0.717, 1.165) is 18.9 Å². The van der Waals surface area contributed by atoms with Gasteiger partial charge in [-0.2, -0.15) is 5.06 Å². The SMILES string of the molecule is CC1(C(N)=O)CC(c2cc(F)cc(F)c2)N(C2COCC2C(=O)N2CCCC2)O1. The number of benzene rings is 1. The van der Waals surface area contributed by atoms with Crippen LogP contribution in [-0.4, -0.2) is 59.7 Å².